The molecule has 1 saturated heterocycles. The third-order valence-corrected chi connectivity index (χ3v) is 3.35. The standard InChI is InChI=1S/C14H21N3O/c1-11(12-5-3-2-4-6-12)16-14(18)10-17-8-7-13(15)9-17/h2-6,11,13H,7-10,15H2,1H3,(H,16,18)/t11?,13-/m1/s1. The highest BCUT2D eigenvalue weighted by atomic mass is 16.2. The van der Waals surface area contributed by atoms with E-state index in [0.29, 0.717) is 6.54 Å². The van der Waals surface area contributed by atoms with Crippen LogP contribution in [0.1, 0.15) is 24.9 Å². The first-order chi connectivity index (χ1) is 8.65. The molecule has 2 atom stereocenters. The summed E-state index contributed by atoms with van der Waals surface area (Å²) in [4.78, 5) is 14.0. The number of carbonyl (C=O) groups excluding carboxylic acids is 1. The maximum atomic E-state index is 11.9. The summed E-state index contributed by atoms with van der Waals surface area (Å²) in [6.45, 7) is 4.20. The van der Waals surface area contributed by atoms with Crippen LogP contribution in [-0.2, 0) is 4.79 Å². The summed E-state index contributed by atoms with van der Waals surface area (Å²) in [6.07, 6.45) is 0.988. The number of hydrogen-bond acceptors (Lipinski definition) is 3. The Morgan fingerprint density at radius 2 is 2.22 bits per heavy atom. The van der Waals surface area contributed by atoms with Crippen LogP contribution in [0.4, 0.5) is 0 Å². The van der Waals surface area contributed by atoms with Crippen molar-refractivity contribution in [1.82, 2.24) is 10.2 Å². The molecular formula is C14H21N3O. The van der Waals surface area contributed by atoms with Crippen molar-refractivity contribution in [2.24, 2.45) is 5.73 Å². The molecule has 1 aliphatic rings. The average Bonchev–Trinajstić information content (AvgIpc) is 2.75. The van der Waals surface area contributed by atoms with Gasteiger partial charge in [-0.1, -0.05) is 30.3 Å². The maximum Gasteiger partial charge on any atom is 0.234 e. The first-order valence-corrected chi connectivity index (χ1v) is 6.47. The second-order valence-corrected chi connectivity index (χ2v) is 4.98. The molecule has 1 aliphatic heterocycles. The molecule has 2 rings (SSSR count). The Hall–Kier alpha value is -1.39. The fourth-order valence-electron chi connectivity index (χ4n) is 2.32. The van der Waals surface area contributed by atoms with Crippen molar-refractivity contribution < 1.29 is 4.79 Å². The fourth-order valence-corrected chi connectivity index (χ4v) is 2.32. The summed E-state index contributed by atoms with van der Waals surface area (Å²) in [5, 5.41) is 3.02. The van der Waals surface area contributed by atoms with E-state index in [1.165, 1.54) is 0 Å². The van der Waals surface area contributed by atoms with Crippen LogP contribution in [0, 0.1) is 0 Å². The van der Waals surface area contributed by atoms with Gasteiger partial charge in [-0.05, 0) is 18.9 Å². The molecule has 4 heteroatoms. The largest absolute Gasteiger partial charge is 0.348 e. The van der Waals surface area contributed by atoms with Crippen LogP contribution in [0.25, 0.3) is 0 Å². The van der Waals surface area contributed by atoms with Gasteiger partial charge >= 0.3 is 0 Å². The molecule has 4 nitrogen and oxygen atoms in total. The van der Waals surface area contributed by atoms with Crippen LogP contribution in [-0.4, -0.2) is 36.5 Å². The molecule has 18 heavy (non-hydrogen) atoms. The van der Waals surface area contributed by atoms with Crippen LogP contribution in [0.5, 0.6) is 0 Å². The Morgan fingerprint density at radius 1 is 1.50 bits per heavy atom. The molecule has 0 saturated carbocycles. The predicted molar refractivity (Wildman–Crippen MR) is 72.0 cm³/mol. The highest BCUT2D eigenvalue weighted by Gasteiger charge is 2.21. The summed E-state index contributed by atoms with van der Waals surface area (Å²) in [5.74, 6) is 0.0699. The fraction of sp³-hybridized carbons (Fsp3) is 0.500. The van der Waals surface area contributed by atoms with Crippen LogP contribution in [0.3, 0.4) is 0 Å². The molecule has 1 unspecified atom stereocenters. The minimum atomic E-state index is 0.0509. The smallest absolute Gasteiger partial charge is 0.234 e. The van der Waals surface area contributed by atoms with E-state index >= 15 is 0 Å². The first kappa shape index (κ1) is 13.1. The van der Waals surface area contributed by atoms with Crippen LogP contribution in [0.2, 0.25) is 0 Å². The Labute approximate surface area is 108 Å². The molecule has 1 amide bonds. The maximum absolute atomic E-state index is 11.9. The molecule has 0 aromatic heterocycles. The van der Waals surface area contributed by atoms with Crippen molar-refractivity contribution >= 4 is 5.91 Å². The number of nitrogens with two attached hydrogens (primary N) is 1. The summed E-state index contributed by atoms with van der Waals surface area (Å²) in [5.41, 5.74) is 6.95. The molecule has 0 spiro atoms. The zero-order valence-electron chi connectivity index (χ0n) is 10.8. The lowest BCUT2D eigenvalue weighted by atomic mass is 10.1. The van der Waals surface area contributed by atoms with Crippen molar-refractivity contribution in [3.63, 3.8) is 0 Å². The Kier molecular flexibility index (Phi) is 4.33. The molecule has 0 bridgehead atoms. The van der Waals surface area contributed by atoms with E-state index in [1.54, 1.807) is 0 Å². The lowest BCUT2D eigenvalue weighted by Gasteiger charge is -2.18. The van der Waals surface area contributed by atoms with Crippen molar-refractivity contribution in [3.8, 4) is 0 Å². The van der Waals surface area contributed by atoms with Gasteiger partial charge in [-0.2, -0.15) is 0 Å². The van der Waals surface area contributed by atoms with Gasteiger partial charge in [0.25, 0.3) is 0 Å². The SMILES string of the molecule is CC(NC(=O)CN1CC[C@@H](N)C1)c1ccccc1. The van der Waals surface area contributed by atoms with Gasteiger partial charge in [0, 0.05) is 19.1 Å². The molecular weight excluding hydrogens is 226 g/mol. The van der Waals surface area contributed by atoms with Crippen molar-refractivity contribution in [2.45, 2.75) is 25.4 Å². The quantitative estimate of drug-likeness (QED) is 0.831. The molecule has 1 heterocycles. The topological polar surface area (TPSA) is 58.4 Å². The van der Waals surface area contributed by atoms with Gasteiger partial charge in [-0.25, -0.2) is 0 Å². The van der Waals surface area contributed by atoms with Gasteiger partial charge in [-0.15, -0.1) is 0 Å². The number of carbonyl (C=O) groups is 1. The average molecular weight is 247 g/mol. The molecule has 1 aromatic carbocycles. The van der Waals surface area contributed by atoms with E-state index in [0.717, 1.165) is 25.1 Å². The van der Waals surface area contributed by atoms with E-state index in [9.17, 15) is 4.79 Å². The normalized spacial score (nSPS) is 21.8. The number of rotatable bonds is 4. The van der Waals surface area contributed by atoms with Gasteiger partial charge < -0.3 is 11.1 Å². The van der Waals surface area contributed by atoms with E-state index in [-0.39, 0.29) is 18.0 Å². The van der Waals surface area contributed by atoms with Crippen molar-refractivity contribution in [1.29, 1.82) is 0 Å². The van der Waals surface area contributed by atoms with Crippen LogP contribution in [0.15, 0.2) is 30.3 Å². The Balaban J connectivity index is 1.81. The zero-order chi connectivity index (χ0) is 13.0. The van der Waals surface area contributed by atoms with Crippen LogP contribution >= 0.6 is 0 Å². The molecule has 98 valence electrons. The number of nitrogens with zero attached hydrogens (tertiary/aromatic N) is 1. The molecule has 1 aromatic rings. The van der Waals surface area contributed by atoms with E-state index in [2.05, 4.69) is 10.2 Å². The second-order valence-electron chi connectivity index (χ2n) is 4.98. The Bertz CT molecular complexity index is 393. The van der Waals surface area contributed by atoms with Gasteiger partial charge in [0.2, 0.25) is 5.91 Å². The van der Waals surface area contributed by atoms with Gasteiger partial charge in [0.05, 0.1) is 12.6 Å². The zero-order valence-corrected chi connectivity index (χ0v) is 10.8. The lowest BCUT2D eigenvalue weighted by molar-refractivity contribution is -0.122. The minimum Gasteiger partial charge on any atom is -0.348 e. The summed E-state index contributed by atoms with van der Waals surface area (Å²) in [6, 6.07) is 10.3. The number of amides is 1. The molecule has 0 aliphatic carbocycles. The van der Waals surface area contributed by atoms with Gasteiger partial charge in [-0.3, -0.25) is 9.69 Å². The van der Waals surface area contributed by atoms with E-state index in [4.69, 9.17) is 5.73 Å². The highest BCUT2D eigenvalue weighted by molar-refractivity contribution is 5.78. The predicted octanol–water partition coefficient (Wildman–Crippen LogP) is 0.897. The number of benzene rings is 1. The minimum absolute atomic E-state index is 0.0509. The molecule has 3 N–H and O–H groups in total. The second kappa shape index (κ2) is 5.98. The monoisotopic (exact) mass is 247 g/mol. The third kappa shape index (κ3) is 3.55. The summed E-state index contributed by atoms with van der Waals surface area (Å²) >= 11 is 0. The van der Waals surface area contributed by atoms with Gasteiger partial charge in [0.1, 0.15) is 0 Å². The number of hydrogen-bond donors (Lipinski definition) is 2. The first-order valence-electron chi connectivity index (χ1n) is 6.47. The summed E-state index contributed by atoms with van der Waals surface area (Å²) < 4.78 is 0. The number of nitrogens with one attached hydrogen (secondary N) is 1. The summed E-state index contributed by atoms with van der Waals surface area (Å²) in [7, 11) is 0. The van der Waals surface area contributed by atoms with Crippen molar-refractivity contribution in [2.75, 3.05) is 19.6 Å². The Morgan fingerprint density at radius 3 is 2.83 bits per heavy atom. The highest BCUT2D eigenvalue weighted by Crippen LogP contribution is 2.11. The van der Waals surface area contributed by atoms with E-state index < -0.39 is 0 Å². The van der Waals surface area contributed by atoms with E-state index in [1.807, 2.05) is 37.3 Å². The van der Waals surface area contributed by atoms with Crippen molar-refractivity contribution in [3.05, 3.63) is 35.9 Å². The third-order valence-electron chi connectivity index (χ3n) is 3.35. The number of likely N-dealkylation sites (tertiary alicyclic amines) is 1. The molecule has 1 fully saturated rings. The van der Waals surface area contributed by atoms with Crippen LogP contribution < -0.4 is 11.1 Å². The lowest BCUT2D eigenvalue weighted by Crippen LogP contribution is -2.38. The molecule has 0 radical (unpaired) electrons. The van der Waals surface area contributed by atoms with Gasteiger partial charge in [0.15, 0.2) is 0 Å².